The van der Waals surface area contributed by atoms with Crippen molar-refractivity contribution in [3.05, 3.63) is 10.6 Å². The summed E-state index contributed by atoms with van der Waals surface area (Å²) in [5, 5.41) is 2.38. The van der Waals surface area contributed by atoms with E-state index in [4.69, 9.17) is 5.73 Å². The maximum atomic E-state index is 11.4. The van der Waals surface area contributed by atoms with Crippen LogP contribution >= 0.6 is 23.1 Å². The average Bonchev–Trinajstić information content (AvgIpc) is 2.57. The lowest BCUT2D eigenvalue weighted by Crippen LogP contribution is -2.27. The molecule has 1 heterocycles. The van der Waals surface area contributed by atoms with E-state index >= 15 is 0 Å². The van der Waals surface area contributed by atoms with Gasteiger partial charge in [0.05, 0.1) is 17.4 Å². The maximum absolute atomic E-state index is 11.4. The largest absolute Gasteiger partial charge is 0.369 e. The minimum absolute atomic E-state index is 0.0423. The Labute approximate surface area is 108 Å². The topological polar surface area (TPSA) is 85.1 Å². The number of nitrogens with one attached hydrogen (secondary N) is 1. The number of rotatable bonds is 5. The van der Waals surface area contributed by atoms with E-state index in [1.165, 1.54) is 23.1 Å². The van der Waals surface area contributed by atoms with E-state index in [2.05, 4.69) is 10.3 Å². The number of thiazole rings is 1. The van der Waals surface area contributed by atoms with E-state index in [0.717, 1.165) is 14.9 Å². The lowest BCUT2D eigenvalue weighted by Gasteiger charge is -2.06. The second-order valence-corrected chi connectivity index (χ2v) is 6.18. The summed E-state index contributed by atoms with van der Waals surface area (Å²) < 4.78 is 0.787. The van der Waals surface area contributed by atoms with Gasteiger partial charge in [-0.2, -0.15) is 0 Å². The van der Waals surface area contributed by atoms with Gasteiger partial charge < -0.3 is 11.1 Å². The van der Waals surface area contributed by atoms with Crippen molar-refractivity contribution in [1.82, 2.24) is 10.3 Å². The molecule has 0 spiro atoms. The van der Waals surface area contributed by atoms with E-state index in [1.54, 1.807) is 7.05 Å². The fourth-order valence-corrected chi connectivity index (χ4v) is 3.63. The van der Waals surface area contributed by atoms with Crippen LogP contribution in [0.3, 0.4) is 0 Å². The van der Waals surface area contributed by atoms with Crippen molar-refractivity contribution in [2.24, 2.45) is 5.73 Å². The van der Waals surface area contributed by atoms with Crippen molar-refractivity contribution in [2.75, 3.05) is 7.05 Å². The molecule has 0 saturated heterocycles. The van der Waals surface area contributed by atoms with Crippen molar-refractivity contribution in [3.63, 3.8) is 0 Å². The molecule has 2 amide bonds. The minimum Gasteiger partial charge on any atom is -0.369 e. The van der Waals surface area contributed by atoms with Crippen LogP contribution in [0.15, 0.2) is 4.34 Å². The maximum Gasteiger partial charge on any atom is 0.233 e. The molecule has 5 nitrogen and oxygen atoms in total. The molecular weight excluding hydrogens is 258 g/mol. The van der Waals surface area contributed by atoms with E-state index in [1.807, 2.05) is 13.8 Å². The zero-order valence-electron chi connectivity index (χ0n) is 9.94. The molecule has 1 aromatic rings. The molecule has 0 aliphatic heterocycles. The highest BCUT2D eigenvalue weighted by atomic mass is 32.2. The number of aromatic nitrogens is 1. The van der Waals surface area contributed by atoms with Crippen LogP contribution in [0.4, 0.5) is 0 Å². The first-order valence-corrected chi connectivity index (χ1v) is 6.76. The average molecular weight is 273 g/mol. The van der Waals surface area contributed by atoms with Gasteiger partial charge in [0.1, 0.15) is 0 Å². The summed E-state index contributed by atoms with van der Waals surface area (Å²) in [4.78, 5) is 27.4. The number of aryl methyl sites for hydroxylation is 1. The number of thioether (sulfide) groups is 1. The Morgan fingerprint density at radius 3 is 2.76 bits per heavy atom. The SMILES string of the molecule is CNC(=O)C(C)Sc1nc(C)c(CC(N)=O)s1. The standard InChI is InChI=1S/C10H15N3O2S2/c1-5-7(4-8(11)14)17-10(13-5)16-6(2)9(15)12-3/h6H,4H2,1-3H3,(H2,11,14)(H,12,15). The summed E-state index contributed by atoms with van der Waals surface area (Å²) in [5.74, 6) is -0.410. The Bertz CT molecular complexity index is 431. The Hall–Kier alpha value is -1.08. The number of primary amides is 1. The molecule has 7 heteroatoms. The highest BCUT2D eigenvalue weighted by Crippen LogP contribution is 2.30. The molecule has 0 bridgehead atoms. The van der Waals surface area contributed by atoms with Gasteiger partial charge in [0.15, 0.2) is 4.34 Å². The van der Waals surface area contributed by atoms with Crippen LogP contribution in [0.5, 0.6) is 0 Å². The molecule has 94 valence electrons. The molecule has 1 rings (SSSR count). The minimum atomic E-state index is -0.368. The molecule has 0 aromatic carbocycles. The molecule has 0 saturated carbocycles. The third-order valence-electron chi connectivity index (χ3n) is 2.10. The summed E-state index contributed by atoms with van der Waals surface area (Å²) in [7, 11) is 1.60. The predicted molar refractivity (Wildman–Crippen MR) is 69.1 cm³/mol. The lowest BCUT2D eigenvalue weighted by atomic mass is 10.3. The molecule has 0 aliphatic rings. The number of carbonyl (C=O) groups is 2. The van der Waals surface area contributed by atoms with Crippen molar-refractivity contribution in [2.45, 2.75) is 29.9 Å². The molecule has 0 aliphatic carbocycles. The molecule has 0 fully saturated rings. The predicted octanol–water partition coefficient (Wildman–Crippen LogP) is 0.706. The van der Waals surface area contributed by atoms with Crippen LogP contribution in [0.1, 0.15) is 17.5 Å². The Morgan fingerprint density at radius 1 is 1.59 bits per heavy atom. The van der Waals surface area contributed by atoms with Crippen LogP contribution < -0.4 is 11.1 Å². The Morgan fingerprint density at radius 2 is 2.24 bits per heavy atom. The number of nitrogens with two attached hydrogens (primary N) is 1. The van der Waals surface area contributed by atoms with E-state index in [9.17, 15) is 9.59 Å². The van der Waals surface area contributed by atoms with Crippen LogP contribution in [0.2, 0.25) is 0 Å². The summed E-state index contributed by atoms with van der Waals surface area (Å²) in [6.07, 6.45) is 0.207. The highest BCUT2D eigenvalue weighted by molar-refractivity contribution is 8.02. The van der Waals surface area contributed by atoms with Crippen molar-refractivity contribution in [3.8, 4) is 0 Å². The quantitative estimate of drug-likeness (QED) is 0.774. The molecule has 0 radical (unpaired) electrons. The van der Waals surface area contributed by atoms with Gasteiger partial charge >= 0.3 is 0 Å². The Balaban J connectivity index is 2.73. The number of hydrogen-bond acceptors (Lipinski definition) is 5. The van der Waals surface area contributed by atoms with Crippen LogP contribution in [-0.2, 0) is 16.0 Å². The Kier molecular flexibility index (Phi) is 4.95. The highest BCUT2D eigenvalue weighted by Gasteiger charge is 2.17. The monoisotopic (exact) mass is 273 g/mol. The van der Waals surface area contributed by atoms with E-state index < -0.39 is 0 Å². The third kappa shape index (κ3) is 4.01. The second-order valence-electron chi connectivity index (χ2n) is 3.51. The van der Waals surface area contributed by atoms with Crippen molar-refractivity contribution < 1.29 is 9.59 Å². The summed E-state index contributed by atoms with van der Waals surface area (Å²) >= 11 is 2.80. The lowest BCUT2D eigenvalue weighted by molar-refractivity contribution is -0.120. The van der Waals surface area contributed by atoms with Gasteiger partial charge in [0.2, 0.25) is 11.8 Å². The third-order valence-corrected chi connectivity index (χ3v) is 4.45. The zero-order chi connectivity index (χ0) is 13.0. The summed E-state index contributed by atoms with van der Waals surface area (Å²) in [6.45, 7) is 3.65. The van der Waals surface area contributed by atoms with Gasteiger partial charge in [-0.15, -0.1) is 11.3 Å². The van der Waals surface area contributed by atoms with Crippen LogP contribution in [-0.4, -0.2) is 29.1 Å². The number of carbonyl (C=O) groups excluding carboxylic acids is 2. The fraction of sp³-hybridized carbons (Fsp3) is 0.500. The summed E-state index contributed by atoms with van der Waals surface area (Å²) in [5.41, 5.74) is 5.95. The summed E-state index contributed by atoms with van der Waals surface area (Å²) in [6, 6.07) is 0. The molecule has 1 atom stereocenters. The van der Waals surface area contributed by atoms with Crippen LogP contribution in [0, 0.1) is 6.92 Å². The number of amides is 2. The number of nitrogens with zero attached hydrogens (tertiary/aromatic N) is 1. The number of hydrogen-bond donors (Lipinski definition) is 2. The van der Waals surface area contributed by atoms with Gasteiger partial charge in [0, 0.05) is 11.9 Å². The van der Waals surface area contributed by atoms with Gasteiger partial charge in [-0.3, -0.25) is 9.59 Å². The van der Waals surface area contributed by atoms with Gasteiger partial charge in [-0.1, -0.05) is 11.8 Å². The van der Waals surface area contributed by atoms with Crippen molar-refractivity contribution in [1.29, 1.82) is 0 Å². The molecule has 1 unspecified atom stereocenters. The molecular formula is C10H15N3O2S2. The molecule has 17 heavy (non-hydrogen) atoms. The van der Waals surface area contributed by atoms with Gasteiger partial charge in [0.25, 0.3) is 0 Å². The van der Waals surface area contributed by atoms with E-state index in [-0.39, 0.29) is 23.5 Å². The fourth-order valence-electron chi connectivity index (χ4n) is 1.18. The first-order chi connectivity index (χ1) is 7.93. The van der Waals surface area contributed by atoms with Crippen molar-refractivity contribution >= 4 is 34.9 Å². The van der Waals surface area contributed by atoms with E-state index in [0.29, 0.717) is 0 Å². The first-order valence-electron chi connectivity index (χ1n) is 5.07. The first kappa shape index (κ1) is 14.0. The zero-order valence-corrected chi connectivity index (χ0v) is 11.6. The second kappa shape index (κ2) is 6.02. The van der Waals surface area contributed by atoms with Gasteiger partial charge in [-0.05, 0) is 13.8 Å². The molecule has 3 N–H and O–H groups in total. The molecule has 1 aromatic heterocycles. The van der Waals surface area contributed by atoms with Crippen LogP contribution in [0.25, 0.3) is 0 Å². The van der Waals surface area contributed by atoms with Gasteiger partial charge in [-0.25, -0.2) is 4.98 Å². The normalized spacial score (nSPS) is 12.2. The smallest absolute Gasteiger partial charge is 0.233 e.